The Bertz CT molecular complexity index is 448. The smallest absolute Gasteiger partial charge is 0.228 e. The molecular formula is C12H14N2O2S. The van der Waals surface area contributed by atoms with Gasteiger partial charge in [0.2, 0.25) is 5.91 Å². The Kier molecular flexibility index (Phi) is 3.58. The number of carbonyl (C=O) groups is 1. The van der Waals surface area contributed by atoms with Crippen molar-refractivity contribution in [3.05, 3.63) is 29.8 Å². The minimum absolute atomic E-state index is 0.0476. The lowest BCUT2D eigenvalue weighted by Crippen LogP contribution is -2.37. The molecule has 1 heterocycles. The summed E-state index contributed by atoms with van der Waals surface area (Å²) in [5, 5.41) is 2.73. The number of carbonyl (C=O) groups excluding carboxylic acids is 1. The zero-order valence-corrected chi connectivity index (χ0v) is 10.1. The molecule has 0 bridgehead atoms. The van der Waals surface area contributed by atoms with Crippen molar-refractivity contribution in [2.45, 2.75) is 12.3 Å². The highest BCUT2D eigenvalue weighted by atomic mass is 32.1. The van der Waals surface area contributed by atoms with Crippen molar-refractivity contribution in [3.63, 3.8) is 0 Å². The molecule has 0 aromatic heterocycles. The molecule has 1 aliphatic heterocycles. The van der Waals surface area contributed by atoms with Crippen molar-refractivity contribution in [2.24, 2.45) is 5.73 Å². The third-order valence-corrected chi connectivity index (χ3v) is 2.86. The summed E-state index contributed by atoms with van der Waals surface area (Å²) in [7, 11) is 0. The van der Waals surface area contributed by atoms with Crippen molar-refractivity contribution in [1.82, 2.24) is 5.32 Å². The highest BCUT2D eigenvalue weighted by Crippen LogP contribution is 2.33. The van der Waals surface area contributed by atoms with Crippen molar-refractivity contribution in [1.29, 1.82) is 0 Å². The first-order valence-corrected chi connectivity index (χ1v) is 5.87. The molecule has 0 fully saturated rings. The predicted octanol–water partition coefficient (Wildman–Crippen LogP) is 0.955. The number of nitrogens with one attached hydrogen (secondary N) is 1. The summed E-state index contributed by atoms with van der Waals surface area (Å²) in [5.74, 6) is 0.567. The summed E-state index contributed by atoms with van der Waals surface area (Å²) in [5.41, 5.74) is 6.29. The van der Waals surface area contributed by atoms with Gasteiger partial charge in [0.25, 0.3) is 0 Å². The maximum Gasteiger partial charge on any atom is 0.228 e. The second-order valence-electron chi connectivity index (χ2n) is 3.91. The van der Waals surface area contributed by atoms with E-state index in [0.717, 1.165) is 11.3 Å². The Labute approximate surface area is 105 Å². The van der Waals surface area contributed by atoms with E-state index in [9.17, 15) is 4.79 Å². The van der Waals surface area contributed by atoms with Gasteiger partial charge >= 0.3 is 0 Å². The van der Waals surface area contributed by atoms with E-state index in [4.69, 9.17) is 22.7 Å². The van der Waals surface area contributed by atoms with Crippen LogP contribution in [0.2, 0.25) is 0 Å². The van der Waals surface area contributed by atoms with E-state index in [0.29, 0.717) is 18.0 Å². The van der Waals surface area contributed by atoms with Gasteiger partial charge in [0.1, 0.15) is 5.75 Å². The van der Waals surface area contributed by atoms with Gasteiger partial charge in [0, 0.05) is 5.56 Å². The van der Waals surface area contributed by atoms with Crippen LogP contribution in [-0.2, 0) is 4.79 Å². The predicted molar refractivity (Wildman–Crippen MR) is 69.1 cm³/mol. The van der Waals surface area contributed by atoms with Crippen LogP contribution in [0.1, 0.15) is 17.9 Å². The van der Waals surface area contributed by atoms with E-state index in [1.165, 1.54) is 0 Å². The molecule has 1 unspecified atom stereocenters. The number of nitrogens with two attached hydrogens (primary N) is 1. The maximum absolute atomic E-state index is 12.0. The van der Waals surface area contributed by atoms with E-state index >= 15 is 0 Å². The lowest BCUT2D eigenvalue weighted by molar-refractivity contribution is -0.122. The Morgan fingerprint density at radius 2 is 2.29 bits per heavy atom. The van der Waals surface area contributed by atoms with Crippen LogP contribution in [-0.4, -0.2) is 24.0 Å². The Balaban J connectivity index is 2.12. The number of benzene rings is 1. The number of thiocarbonyl (C=S) groups is 1. The fourth-order valence-corrected chi connectivity index (χ4v) is 1.98. The van der Waals surface area contributed by atoms with Crippen LogP contribution in [0.15, 0.2) is 24.3 Å². The second-order valence-corrected chi connectivity index (χ2v) is 4.44. The average molecular weight is 250 g/mol. The first-order valence-electron chi connectivity index (χ1n) is 5.46. The summed E-state index contributed by atoms with van der Waals surface area (Å²) < 4.78 is 5.50. The summed E-state index contributed by atoms with van der Waals surface area (Å²) >= 11 is 4.73. The van der Waals surface area contributed by atoms with Crippen molar-refractivity contribution in [2.75, 3.05) is 13.2 Å². The highest BCUT2D eigenvalue weighted by molar-refractivity contribution is 7.80. The molecule has 4 nitrogen and oxygen atoms in total. The summed E-state index contributed by atoms with van der Waals surface area (Å²) in [6.07, 6.45) is 0.681. The molecule has 2 rings (SSSR count). The van der Waals surface area contributed by atoms with Crippen LogP contribution >= 0.6 is 12.2 Å². The molecule has 1 aromatic rings. The highest BCUT2D eigenvalue weighted by Gasteiger charge is 2.26. The minimum Gasteiger partial charge on any atom is -0.493 e. The standard InChI is InChI=1S/C12H14N2O2S/c13-11(17)7-14-12(15)9-5-6-16-10-4-2-1-3-8(9)10/h1-4,9H,5-7H2,(H2,13,17)(H,14,15). The Hall–Kier alpha value is -1.62. The van der Waals surface area contributed by atoms with Crippen molar-refractivity contribution < 1.29 is 9.53 Å². The monoisotopic (exact) mass is 250 g/mol. The zero-order chi connectivity index (χ0) is 12.3. The SMILES string of the molecule is NC(=S)CNC(=O)C1CCOc2ccccc21. The first-order chi connectivity index (χ1) is 8.18. The summed E-state index contributed by atoms with van der Waals surface area (Å²) in [6.45, 7) is 0.801. The van der Waals surface area contributed by atoms with Gasteiger partial charge in [-0.05, 0) is 12.5 Å². The molecular weight excluding hydrogens is 236 g/mol. The fraction of sp³-hybridized carbons (Fsp3) is 0.333. The largest absolute Gasteiger partial charge is 0.493 e. The molecule has 1 aromatic carbocycles. The number of hydrogen-bond acceptors (Lipinski definition) is 3. The van der Waals surface area contributed by atoms with Gasteiger partial charge in [-0.3, -0.25) is 4.79 Å². The van der Waals surface area contributed by atoms with Crippen LogP contribution in [0.4, 0.5) is 0 Å². The fourth-order valence-electron chi connectivity index (χ4n) is 1.91. The number of rotatable bonds is 3. The molecule has 1 amide bonds. The van der Waals surface area contributed by atoms with E-state index in [2.05, 4.69) is 5.32 Å². The van der Waals surface area contributed by atoms with E-state index in [1.54, 1.807) is 0 Å². The number of hydrogen-bond donors (Lipinski definition) is 2. The second kappa shape index (κ2) is 5.14. The third-order valence-electron chi connectivity index (χ3n) is 2.71. The number of fused-ring (bicyclic) bond motifs is 1. The maximum atomic E-state index is 12.0. The van der Waals surface area contributed by atoms with Crippen LogP contribution in [0.3, 0.4) is 0 Å². The van der Waals surface area contributed by atoms with Crippen LogP contribution in [0.25, 0.3) is 0 Å². The average Bonchev–Trinajstić information content (AvgIpc) is 2.35. The molecule has 0 aliphatic carbocycles. The molecule has 17 heavy (non-hydrogen) atoms. The molecule has 0 saturated carbocycles. The van der Waals surface area contributed by atoms with Gasteiger partial charge in [-0.2, -0.15) is 0 Å². The van der Waals surface area contributed by atoms with Gasteiger partial charge in [0.05, 0.1) is 24.1 Å². The van der Waals surface area contributed by atoms with Crippen LogP contribution in [0, 0.1) is 0 Å². The van der Waals surface area contributed by atoms with Gasteiger partial charge in [-0.15, -0.1) is 0 Å². The topological polar surface area (TPSA) is 64.3 Å². The molecule has 3 N–H and O–H groups in total. The molecule has 0 radical (unpaired) electrons. The van der Waals surface area contributed by atoms with Gasteiger partial charge < -0.3 is 15.8 Å². The van der Waals surface area contributed by atoms with Gasteiger partial charge in [0.15, 0.2) is 0 Å². The Morgan fingerprint density at radius 1 is 1.53 bits per heavy atom. The lowest BCUT2D eigenvalue weighted by atomic mass is 9.92. The van der Waals surface area contributed by atoms with Crippen molar-refractivity contribution in [3.8, 4) is 5.75 Å². The number of amides is 1. The summed E-state index contributed by atoms with van der Waals surface area (Å²) in [6, 6.07) is 7.59. The first kappa shape index (κ1) is 11.9. The molecule has 0 saturated heterocycles. The summed E-state index contributed by atoms with van der Waals surface area (Å²) in [4.78, 5) is 12.3. The molecule has 1 aliphatic rings. The Morgan fingerprint density at radius 3 is 3.06 bits per heavy atom. The van der Waals surface area contributed by atoms with E-state index in [1.807, 2.05) is 24.3 Å². The molecule has 5 heteroatoms. The normalized spacial score (nSPS) is 17.8. The third kappa shape index (κ3) is 2.74. The van der Waals surface area contributed by atoms with E-state index in [-0.39, 0.29) is 18.4 Å². The van der Waals surface area contributed by atoms with E-state index < -0.39 is 0 Å². The number of para-hydroxylation sites is 1. The molecule has 0 spiro atoms. The molecule has 1 atom stereocenters. The van der Waals surface area contributed by atoms with Gasteiger partial charge in [-0.1, -0.05) is 30.4 Å². The minimum atomic E-state index is -0.172. The number of ether oxygens (including phenoxy) is 1. The lowest BCUT2D eigenvalue weighted by Gasteiger charge is -2.24. The quantitative estimate of drug-likeness (QED) is 0.784. The van der Waals surface area contributed by atoms with Gasteiger partial charge in [-0.25, -0.2) is 0 Å². The van der Waals surface area contributed by atoms with Crippen molar-refractivity contribution >= 4 is 23.1 Å². The van der Waals surface area contributed by atoms with Crippen LogP contribution in [0.5, 0.6) is 5.75 Å². The zero-order valence-electron chi connectivity index (χ0n) is 9.31. The molecule has 90 valence electrons. The van der Waals surface area contributed by atoms with Crippen LogP contribution < -0.4 is 15.8 Å².